The van der Waals surface area contributed by atoms with Crippen LogP contribution in [0.15, 0.2) is 18.2 Å². The van der Waals surface area contributed by atoms with Crippen LogP contribution >= 0.6 is 0 Å². The second-order valence-electron chi connectivity index (χ2n) is 4.49. The third-order valence-electron chi connectivity index (χ3n) is 2.86. The van der Waals surface area contributed by atoms with Crippen LogP contribution in [0, 0.1) is 0 Å². The first-order valence-corrected chi connectivity index (χ1v) is 6.10. The highest BCUT2D eigenvalue weighted by molar-refractivity contribution is 5.69. The lowest BCUT2D eigenvalue weighted by atomic mass is 10.1. The number of hydrogen-bond acceptors (Lipinski definition) is 4. The Labute approximate surface area is 106 Å². The second-order valence-corrected chi connectivity index (χ2v) is 4.49. The molecule has 0 fully saturated rings. The van der Waals surface area contributed by atoms with Crippen molar-refractivity contribution in [3.8, 4) is 5.75 Å². The first-order valence-electron chi connectivity index (χ1n) is 6.10. The van der Waals surface area contributed by atoms with Crippen LogP contribution in [0.1, 0.15) is 12.5 Å². The van der Waals surface area contributed by atoms with Gasteiger partial charge in [0.2, 0.25) is 0 Å². The Balaban J connectivity index is 1.95. The van der Waals surface area contributed by atoms with E-state index in [0.29, 0.717) is 6.61 Å². The van der Waals surface area contributed by atoms with E-state index >= 15 is 0 Å². The molecule has 5 heteroatoms. The van der Waals surface area contributed by atoms with Crippen molar-refractivity contribution >= 4 is 11.7 Å². The summed E-state index contributed by atoms with van der Waals surface area (Å²) in [5.41, 5.74) is 2.18. The zero-order valence-corrected chi connectivity index (χ0v) is 10.4. The minimum Gasteiger partial charge on any atom is -0.490 e. The monoisotopic (exact) mass is 250 g/mol. The van der Waals surface area contributed by atoms with Crippen molar-refractivity contribution in [1.82, 2.24) is 5.32 Å². The summed E-state index contributed by atoms with van der Waals surface area (Å²) in [4.78, 5) is 10.5. The number of anilines is 1. The van der Waals surface area contributed by atoms with Gasteiger partial charge < -0.3 is 20.5 Å². The topological polar surface area (TPSA) is 70.6 Å². The van der Waals surface area contributed by atoms with E-state index in [-0.39, 0.29) is 12.6 Å². The minimum atomic E-state index is -0.831. The normalized spacial score (nSPS) is 15.2. The molecule has 0 amide bonds. The predicted molar refractivity (Wildman–Crippen MR) is 69.2 cm³/mol. The highest BCUT2D eigenvalue weighted by Gasteiger charge is 2.11. The molecule has 98 valence electrons. The summed E-state index contributed by atoms with van der Waals surface area (Å²) in [5.74, 6) is 0.0542. The zero-order valence-electron chi connectivity index (χ0n) is 10.4. The summed E-state index contributed by atoms with van der Waals surface area (Å²) < 4.78 is 5.51. The molecule has 5 nitrogen and oxygen atoms in total. The van der Waals surface area contributed by atoms with Crippen LogP contribution in [0.4, 0.5) is 5.69 Å². The fourth-order valence-corrected chi connectivity index (χ4v) is 2.00. The number of ether oxygens (including phenoxy) is 1. The molecule has 1 aliphatic rings. The van der Waals surface area contributed by atoms with Gasteiger partial charge in [0.1, 0.15) is 12.4 Å². The lowest BCUT2D eigenvalue weighted by molar-refractivity contribution is -0.136. The van der Waals surface area contributed by atoms with E-state index in [9.17, 15) is 4.79 Å². The van der Waals surface area contributed by atoms with Crippen molar-refractivity contribution in [1.29, 1.82) is 0 Å². The molecule has 1 atom stereocenters. The molecule has 1 aromatic carbocycles. The van der Waals surface area contributed by atoms with Crippen molar-refractivity contribution in [3.63, 3.8) is 0 Å². The highest BCUT2D eigenvalue weighted by atomic mass is 16.5. The molecule has 0 bridgehead atoms. The quantitative estimate of drug-likeness (QED) is 0.730. The fraction of sp³-hybridized carbons (Fsp3) is 0.462. The largest absolute Gasteiger partial charge is 0.490 e. The number of carboxylic acid groups (broad SMARTS) is 1. The van der Waals surface area contributed by atoms with E-state index in [1.165, 1.54) is 0 Å². The molecule has 1 aliphatic heterocycles. The van der Waals surface area contributed by atoms with Gasteiger partial charge in [0.25, 0.3) is 0 Å². The molecular formula is C13H18N2O3. The molecule has 0 spiro atoms. The molecular weight excluding hydrogens is 232 g/mol. The number of carboxylic acids is 1. The lowest BCUT2D eigenvalue weighted by Gasteiger charge is -2.20. The Kier molecular flexibility index (Phi) is 4.04. The van der Waals surface area contributed by atoms with Crippen molar-refractivity contribution in [3.05, 3.63) is 23.8 Å². The van der Waals surface area contributed by atoms with Crippen LogP contribution in [0.5, 0.6) is 5.75 Å². The van der Waals surface area contributed by atoms with Gasteiger partial charge in [0.15, 0.2) is 0 Å². The lowest BCUT2D eigenvalue weighted by Crippen LogP contribution is -2.32. The van der Waals surface area contributed by atoms with Gasteiger partial charge in [-0.25, -0.2) is 0 Å². The average molecular weight is 250 g/mol. The third-order valence-corrected chi connectivity index (χ3v) is 2.86. The molecule has 1 unspecified atom stereocenters. The van der Waals surface area contributed by atoms with Crippen molar-refractivity contribution in [2.75, 3.05) is 25.0 Å². The zero-order chi connectivity index (χ0) is 13.0. The van der Waals surface area contributed by atoms with Crippen LogP contribution < -0.4 is 15.4 Å². The SMILES string of the molecule is CC(Cc1ccc2c(c1)NCCO2)NCC(=O)O. The molecule has 3 N–H and O–H groups in total. The summed E-state index contributed by atoms with van der Waals surface area (Å²) in [5, 5.41) is 14.8. The molecule has 0 saturated carbocycles. The average Bonchev–Trinajstić information content (AvgIpc) is 2.36. The fourth-order valence-electron chi connectivity index (χ4n) is 2.00. The number of aliphatic carboxylic acids is 1. The first-order chi connectivity index (χ1) is 8.65. The molecule has 18 heavy (non-hydrogen) atoms. The van der Waals surface area contributed by atoms with Gasteiger partial charge in [-0.15, -0.1) is 0 Å². The Morgan fingerprint density at radius 3 is 3.22 bits per heavy atom. The Morgan fingerprint density at radius 1 is 1.61 bits per heavy atom. The standard InChI is InChI=1S/C13H18N2O3/c1-9(15-8-13(16)17)6-10-2-3-12-11(7-10)14-4-5-18-12/h2-3,7,9,14-15H,4-6,8H2,1H3,(H,16,17). The van der Waals surface area contributed by atoms with Crippen molar-refractivity contribution < 1.29 is 14.6 Å². The van der Waals surface area contributed by atoms with E-state index in [0.717, 1.165) is 30.0 Å². The van der Waals surface area contributed by atoms with E-state index in [1.807, 2.05) is 19.1 Å². The molecule has 0 radical (unpaired) electrons. The van der Waals surface area contributed by atoms with Gasteiger partial charge in [-0.3, -0.25) is 4.79 Å². The van der Waals surface area contributed by atoms with Crippen LogP contribution in [-0.4, -0.2) is 36.8 Å². The van der Waals surface area contributed by atoms with Crippen LogP contribution in [0.3, 0.4) is 0 Å². The summed E-state index contributed by atoms with van der Waals surface area (Å²) in [7, 11) is 0. The maximum absolute atomic E-state index is 10.5. The maximum Gasteiger partial charge on any atom is 0.317 e. The Bertz CT molecular complexity index is 434. The van der Waals surface area contributed by atoms with Gasteiger partial charge in [0, 0.05) is 12.6 Å². The smallest absolute Gasteiger partial charge is 0.317 e. The molecule has 1 heterocycles. The third kappa shape index (κ3) is 3.37. The minimum absolute atomic E-state index is 0.00648. The molecule has 2 rings (SSSR count). The molecule has 0 aliphatic carbocycles. The number of rotatable bonds is 5. The number of nitrogens with one attached hydrogen (secondary N) is 2. The Hall–Kier alpha value is -1.75. The number of hydrogen-bond donors (Lipinski definition) is 3. The van der Waals surface area contributed by atoms with Gasteiger partial charge in [-0.1, -0.05) is 6.07 Å². The van der Waals surface area contributed by atoms with Gasteiger partial charge in [0.05, 0.1) is 12.2 Å². The van der Waals surface area contributed by atoms with E-state index in [2.05, 4.69) is 16.7 Å². The summed E-state index contributed by atoms with van der Waals surface area (Å²) in [6, 6.07) is 6.17. The summed E-state index contributed by atoms with van der Waals surface area (Å²) in [6.07, 6.45) is 0.794. The van der Waals surface area contributed by atoms with Crippen LogP contribution in [-0.2, 0) is 11.2 Å². The first kappa shape index (κ1) is 12.7. The van der Waals surface area contributed by atoms with Crippen molar-refractivity contribution in [2.45, 2.75) is 19.4 Å². The van der Waals surface area contributed by atoms with Crippen LogP contribution in [0.2, 0.25) is 0 Å². The van der Waals surface area contributed by atoms with Crippen molar-refractivity contribution in [2.24, 2.45) is 0 Å². The maximum atomic E-state index is 10.5. The number of fused-ring (bicyclic) bond motifs is 1. The van der Waals surface area contributed by atoms with Gasteiger partial charge in [-0.2, -0.15) is 0 Å². The van der Waals surface area contributed by atoms with E-state index in [4.69, 9.17) is 9.84 Å². The van der Waals surface area contributed by atoms with E-state index in [1.54, 1.807) is 0 Å². The van der Waals surface area contributed by atoms with Gasteiger partial charge in [-0.05, 0) is 31.0 Å². The second kappa shape index (κ2) is 5.73. The van der Waals surface area contributed by atoms with E-state index < -0.39 is 5.97 Å². The molecule has 0 aromatic heterocycles. The molecule has 1 aromatic rings. The summed E-state index contributed by atoms with van der Waals surface area (Å²) in [6.45, 7) is 3.49. The number of benzene rings is 1. The highest BCUT2D eigenvalue weighted by Crippen LogP contribution is 2.28. The molecule has 0 saturated heterocycles. The summed E-state index contributed by atoms with van der Waals surface area (Å²) >= 11 is 0. The predicted octanol–water partition coefficient (Wildman–Crippen LogP) is 1.10. The van der Waals surface area contributed by atoms with Gasteiger partial charge >= 0.3 is 5.97 Å². The van der Waals surface area contributed by atoms with Crippen LogP contribution in [0.25, 0.3) is 0 Å². The number of carbonyl (C=O) groups is 1. The Morgan fingerprint density at radius 2 is 2.44 bits per heavy atom.